The number of hydrogen-bond acceptors (Lipinski definition) is 4. The zero-order valence-electron chi connectivity index (χ0n) is 16.4. The molecule has 0 fully saturated rings. The topological polar surface area (TPSA) is 81.1 Å². The number of hydrogen-bond donors (Lipinski definition) is 2. The van der Waals surface area contributed by atoms with Gasteiger partial charge in [0.1, 0.15) is 5.75 Å². The minimum Gasteiger partial charge on any atom is -0.438 e. The lowest BCUT2D eigenvalue weighted by molar-refractivity contribution is 0.262. The number of carbonyl (C=O) groups excluding carboxylic acids is 1. The largest absolute Gasteiger partial charge is 0.438 e. The van der Waals surface area contributed by atoms with Crippen molar-refractivity contribution >= 4 is 17.4 Å². The average Bonchev–Trinajstić information content (AvgIpc) is 3.31. The first-order valence-corrected chi connectivity index (χ1v) is 9.62. The van der Waals surface area contributed by atoms with Gasteiger partial charge in [-0.15, -0.1) is 10.2 Å². The monoisotopic (exact) mass is 399 g/mol. The summed E-state index contributed by atoms with van der Waals surface area (Å²) in [7, 11) is 0. The number of urea groups is 1. The molecule has 0 spiro atoms. The summed E-state index contributed by atoms with van der Waals surface area (Å²) in [6.45, 7) is 2.05. The van der Waals surface area contributed by atoms with Gasteiger partial charge in [-0.3, -0.25) is 0 Å². The van der Waals surface area contributed by atoms with Gasteiger partial charge in [0.15, 0.2) is 5.82 Å². The molecule has 2 N–H and O–H groups in total. The average molecular weight is 399 g/mol. The number of nitrogens with one attached hydrogen (secondary N) is 2. The van der Waals surface area contributed by atoms with Crippen molar-refractivity contribution in [3.05, 3.63) is 90.8 Å². The van der Waals surface area contributed by atoms with Crippen molar-refractivity contribution in [2.75, 3.05) is 10.6 Å². The van der Waals surface area contributed by atoms with Crippen molar-refractivity contribution in [1.29, 1.82) is 0 Å². The molecule has 7 heteroatoms. The second-order valence-electron chi connectivity index (χ2n) is 6.54. The lowest BCUT2D eigenvalue weighted by Crippen LogP contribution is -2.20. The third-order valence-corrected chi connectivity index (χ3v) is 4.48. The first-order valence-electron chi connectivity index (χ1n) is 9.62. The van der Waals surface area contributed by atoms with E-state index in [1.54, 1.807) is 30.3 Å². The number of anilines is 2. The van der Waals surface area contributed by atoms with Crippen molar-refractivity contribution in [3.8, 4) is 17.4 Å². The smallest absolute Gasteiger partial charge is 0.323 e. The number of para-hydroxylation sites is 1. The van der Waals surface area contributed by atoms with E-state index >= 15 is 0 Å². The van der Waals surface area contributed by atoms with Crippen molar-refractivity contribution in [1.82, 2.24) is 14.8 Å². The number of rotatable bonds is 6. The van der Waals surface area contributed by atoms with Crippen LogP contribution in [0.15, 0.2) is 85.2 Å². The number of ether oxygens (including phenoxy) is 1. The van der Waals surface area contributed by atoms with Gasteiger partial charge in [-0.25, -0.2) is 4.79 Å². The van der Waals surface area contributed by atoms with Gasteiger partial charge in [0.2, 0.25) is 5.88 Å². The van der Waals surface area contributed by atoms with Crippen LogP contribution in [-0.4, -0.2) is 20.8 Å². The standard InChI is InChI=1S/C23H21N5O2/c1-2-17-7-3-4-8-20(17)25-23(29)24-18-9-11-19(12-10-18)30-22-14-13-21(26-27-22)28-15-5-6-16-28/h3-16H,2H2,1H3,(H2,24,25,29). The van der Waals surface area contributed by atoms with E-state index < -0.39 is 0 Å². The van der Waals surface area contributed by atoms with Crippen molar-refractivity contribution in [2.24, 2.45) is 0 Å². The highest BCUT2D eigenvalue weighted by molar-refractivity contribution is 6.00. The van der Waals surface area contributed by atoms with E-state index in [1.807, 2.05) is 59.4 Å². The van der Waals surface area contributed by atoms with Crippen LogP contribution in [-0.2, 0) is 6.42 Å². The SMILES string of the molecule is CCc1ccccc1NC(=O)Nc1ccc(Oc2ccc(-n3cccc3)nn2)cc1. The summed E-state index contributed by atoms with van der Waals surface area (Å²) in [5.41, 5.74) is 2.54. The molecule has 4 aromatic rings. The van der Waals surface area contributed by atoms with E-state index in [-0.39, 0.29) is 6.03 Å². The van der Waals surface area contributed by atoms with Gasteiger partial charge in [-0.2, -0.15) is 0 Å². The molecule has 2 amide bonds. The Bertz CT molecular complexity index is 1110. The number of nitrogens with zero attached hydrogens (tertiary/aromatic N) is 3. The van der Waals surface area contributed by atoms with E-state index in [0.29, 0.717) is 23.1 Å². The summed E-state index contributed by atoms with van der Waals surface area (Å²) in [4.78, 5) is 12.3. The molecular formula is C23H21N5O2. The lowest BCUT2D eigenvalue weighted by atomic mass is 10.1. The van der Waals surface area contributed by atoms with Gasteiger partial charge in [0, 0.05) is 29.8 Å². The fraction of sp³-hybridized carbons (Fsp3) is 0.0870. The number of amides is 2. The molecule has 0 atom stereocenters. The van der Waals surface area contributed by atoms with Crippen molar-refractivity contribution < 1.29 is 9.53 Å². The lowest BCUT2D eigenvalue weighted by Gasteiger charge is -2.11. The maximum atomic E-state index is 12.3. The van der Waals surface area contributed by atoms with Crippen molar-refractivity contribution in [3.63, 3.8) is 0 Å². The van der Waals surface area contributed by atoms with Crippen LogP contribution in [0.5, 0.6) is 11.6 Å². The minimum absolute atomic E-state index is 0.295. The third kappa shape index (κ3) is 4.64. The third-order valence-electron chi connectivity index (χ3n) is 4.48. The number of aryl methyl sites for hydroxylation is 1. The van der Waals surface area contributed by atoms with Crippen LogP contribution in [0.4, 0.5) is 16.2 Å². The molecule has 2 heterocycles. The predicted octanol–water partition coefficient (Wildman–Crippen LogP) is 5.27. The highest BCUT2D eigenvalue weighted by Gasteiger charge is 2.07. The van der Waals surface area contributed by atoms with E-state index in [1.165, 1.54) is 0 Å². The maximum Gasteiger partial charge on any atom is 0.323 e. The number of carbonyl (C=O) groups is 1. The molecule has 0 saturated carbocycles. The van der Waals surface area contributed by atoms with E-state index in [4.69, 9.17) is 4.74 Å². The number of aromatic nitrogens is 3. The fourth-order valence-corrected chi connectivity index (χ4v) is 2.95. The van der Waals surface area contributed by atoms with Gasteiger partial charge in [-0.1, -0.05) is 25.1 Å². The zero-order valence-corrected chi connectivity index (χ0v) is 16.4. The zero-order chi connectivity index (χ0) is 20.8. The Morgan fingerprint density at radius 1 is 0.900 bits per heavy atom. The molecule has 0 aliphatic carbocycles. The molecule has 2 aromatic carbocycles. The molecule has 0 unspecified atom stereocenters. The first kappa shape index (κ1) is 19.2. The summed E-state index contributed by atoms with van der Waals surface area (Å²) in [6, 6.07) is 21.9. The Labute approximate surface area is 174 Å². The van der Waals surface area contributed by atoms with Crippen molar-refractivity contribution in [2.45, 2.75) is 13.3 Å². The molecule has 2 aromatic heterocycles. The van der Waals surface area contributed by atoms with E-state index in [9.17, 15) is 4.79 Å². The minimum atomic E-state index is -0.295. The Balaban J connectivity index is 1.35. The molecule has 0 aliphatic heterocycles. The molecule has 7 nitrogen and oxygen atoms in total. The van der Waals surface area contributed by atoms with Gasteiger partial charge in [-0.05, 0) is 60.5 Å². The van der Waals surface area contributed by atoms with E-state index in [2.05, 4.69) is 27.8 Å². The summed E-state index contributed by atoms with van der Waals surface area (Å²) in [6.07, 6.45) is 4.64. The van der Waals surface area contributed by atoms with Crippen LogP contribution < -0.4 is 15.4 Å². The highest BCUT2D eigenvalue weighted by atomic mass is 16.5. The predicted molar refractivity (Wildman–Crippen MR) is 116 cm³/mol. The maximum absolute atomic E-state index is 12.3. The molecule has 0 bridgehead atoms. The fourth-order valence-electron chi connectivity index (χ4n) is 2.95. The summed E-state index contributed by atoms with van der Waals surface area (Å²) >= 11 is 0. The molecule has 150 valence electrons. The van der Waals surface area contributed by atoms with Crippen LogP contribution in [0.25, 0.3) is 5.82 Å². The van der Waals surface area contributed by atoms with Crippen LogP contribution in [0.3, 0.4) is 0 Å². The van der Waals surface area contributed by atoms with Gasteiger partial charge in [0.05, 0.1) is 0 Å². The van der Waals surface area contributed by atoms with E-state index in [0.717, 1.165) is 17.7 Å². The quantitative estimate of drug-likeness (QED) is 0.463. The molecule has 4 rings (SSSR count). The summed E-state index contributed by atoms with van der Waals surface area (Å²) < 4.78 is 7.59. The second kappa shape index (κ2) is 8.91. The Morgan fingerprint density at radius 3 is 2.37 bits per heavy atom. The summed E-state index contributed by atoms with van der Waals surface area (Å²) in [5.74, 6) is 1.70. The van der Waals surface area contributed by atoms with Crippen LogP contribution in [0, 0.1) is 0 Å². The molecule has 0 radical (unpaired) electrons. The normalized spacial score (nSPS) is 10.4. The highest BCUT2D eigenvalue weighted by Crippen LogP contribution is 2.22. The van der Waals surface area contributed by atoms with Gasteiger partial charge < -0.3 is 19.9 Å². The molecule has 30 heavy (non-hydrogen) atoms. The molecule has 0 aliphatic rings. The Morgan fingerprint density at radius 2 is 1.67 bits per heavy atom. The number of benzene rings is 2. The van der Waals surface area contributed by atoms with Crippen LogP contribution >= 0.6 is 0 Å². The second-order valence-corrected chi connectivity index (χ2v) is 6.54. The van der Waals surface area contributed by atoms with Crippen LogP contribution in [0.2, 0.25) is 0 Å². The van der Waals surface area contributed by atoms with Crippen LogP contribution in [0.1, 0.15) is 12.5 Å². The Kier molecular flexibility index (Phi) is 5.70. The Hall–Kier alpha value is -4.13. The molecular weight excluding hydrogens is 378 g/mol. The van der Waals surface area contributed by atoms with Gasteiger partial charge >= 0.3 is 6.03 Å². The molecule has 0 saturated heterocycles. The summed E-state index contributed by atoms with van der Waals surface area (Å²) in [5, 5.41) is 13.9. The van der Waals surface area contributed by atoms with Gasteiger partial charge in [0.25, 0.3) is 0 Å². The first-order chi connectivity index (χ1) is 14.7.